The molecule has 0 radical (unpaired) electrons. The maximum atomic E-state index is 6.20. The zero-order chi connectivity index (χ0) is 14.0. The van der Waals surface area contributed by atoms with Gasteiger partial charge >= 0.3 is 0 Å². The molecule has 3 atom stereocenters. The molecule has 1 N–H and O–H groups in total. The number of halogens is 2. The van der Waals surface area contributed by atoms with Gasteiger partial charge in [0.05, 0.1) is 11.6 Å². The Bertz CT molecular complexity index is 450. The number of benzene rings is 1. The van der Waals surface area contributed by atoms with E-state index in [4.69, 9.17) is 27.9 Å². The van der Waals surface area contributed by atoms with Gasteiger partial charge in [0.2, 0.25) is 0 Å². The number of hydrogen-bond acceptors (Lipinski definition) is 2. The molecule has 1 aliphatic rings. The van der Waals surface area contributed by atoms with Crippen LogP contribution >= 0.6 is 23.2 Å². The topological polar surface area (TPSA) is 21.3 Å². The minimum Gasteiger partial charge on any atom is -0.492 e. The van der Waals surface area contributed by atoms with Crippen LogP contribution in [0, 0.1) is 5.92 Å². The van der Waals surface area contributed by atoms with Crippen molar-refractivity contribution < 1.29 is 4.74 Å². The van der Waals surface area contributed by atoms with Crippen LogP contribution in [0.15, 0.2) is 12.1 Å². The second-order valence-corrected chi connectivity index (χ2v) is 6.18. The van der Waals surface area contributed by atoms with Crippen molar-refractivity contribution in [2.75, 3.05) is 6.61 Å². The Labute approximate surface area is 125 Å². The van der Waals surface area contributed by atoms with E-state index in [0.717, 1.165) is 17.7 Å². The Morgan fingerprint density at radius 3 is 2.79 bits per heavy atom. The molecule has 0 bridgehead atoms. The summed E-state index contributed by atoms with van der Waals surface area (Å²) < 4.78 is 5.68. The van der Waals surface area contributed by atoms with Crippen LogP contribution in [0.4, 0.5) is 0 Å². The average molecular weight is 302 g/mol. The number of nitrogens with one attached hydrogen (secondary N) is 1. The van der Waals surface area contributed by atoms with Crippen LogP contribution in [0.3, 0.4) is 0 Å². The smallest absolute Gasteiger partial charge is 0.142 e. The van der Waals surface area contributed by atoms with Gasteiger partial charge < -0.3 is 10.1 Å². The van der Waals surface area contributed by atoms with E-state index in [-0.39, 0.29) is 6.04 Å². The predicted octanol–water partition coefficient (Wildman–Crippen LogP) is 4.84. The molecular weight excluding hydrogens is 281 g/mol. The molecule has 2 nitrogen and oxygen atoms in total. The number of fused-ring (bicyclic) bond motifs is 1. The lowest BCUT2D eigenvalue weighted by molar-refractivity contribution is 0.234. The fourth-order valence-corrected chi connectivity index (χ4v) is 3.00. The molecule has 0 fully saturated rings. The third kappa shape index (κ3) is 3.36. The lowest BCUT2D eigenvalue weighted by Gasteiger charge is -2.32. The van der Waals surface area contributed by atoms with Gasteiger partial charge in [0.25, 0.3) is 0 Å². The summed E-state index contributed by atoms with van der Waals surface area (Å²) in [5.74, 6) is 1.42. The van der Waals surface area contributed by atoms with Crippen molar-refractivity contribution in [1.82, 2.24) is 5.32 Å². The predicted molar refractivity (Wildman–Crippen MR) is 81.4 cm³/mol. The van der Waals surface area contributed by atoms with Crippen LogP contribution in [0.25, 0.3) is 0 Å². The minimum atomic E-state index is 0.268. The van der Waals surface area contributed by atoms with E-state index >= 15 is 0 Å². The summed E-state index contributed by atoms with van der Waals surface area (Å²) in [4.78, 5) is 0. The van der Waals surface area contributed by atoms with Crippen molar-refractivity contribution in [2.45, 2.75) is 45.7 Å². The summed E-state index contributed by atoms with van der Waals surface area (Å²) in [6.45, 7) is 7.41. The van der Waals surface area contributed by atoms with Crippen molar-refractivity contribution in [3.05, 3.63) is 27.7 Å². The zero-order valence-corrected chi connectivity index (χ0v) is 13.2. The molecule has 0 saturated heterocycles. The summed E-state index contributed by atoms with van der Waals surface area (Å²) in [7, 11) is 0. The van der Waals surface area contributed by atoms with E-state index in [1.54, 1.807) is 6.07 Å². The molecule has 0 saturated carbocycles. The van der Waals surface area contributed by atoms with E-state index in [1.165, 1.54) is 6.42 Å². The van der Waals surface area contributed by atoms with Crippen LogP contribution in [-0.4, -0.2) is 12.6 Å². The first-order chi connectivity index (χ1) is 9.02. The largest absolute Gasteiger partial charge is 0.492 e. The van der Waals surface area contributed by atoms with Crippen LogP contribution in [0.2, 0.25) is 10.0 Å². The van der Waals surface area contributed by atoms with Crippen molar-refractivity contribution >= 4 is 23.2 Å². The van der Waals surface area contributed by atoms with Crippen LogP contribution in [0.5, 0.6) is 5.75 Å². The van der Waals surface area contributed by atoms with E-state index < -0.39 is 0 Å². The van der Waals surface area contributed by atoms with Gasteiger partial charge in [-0.05, 0) is 25.0 Å². The Morgan fingerprint density at radius 2 is 2.11 bits per heavy atom. The van der Waals surface area contributed by atoms with Gasteiger partial charge in [-0.25, -0.2) is 0 Å². The Balaban J connectivity index is 2.22. The van der Waals surface area contributed by atoms with Gasteiger partial charge in [0, 0.05) is 29.1 Å². The second-order valence-electron chi connectivity index (χ2n) is 5.34. The third-order valence-corrected chi connectivity index (χ3v) is 4.53. The van der Waals surface area contributed by atoms with Gasteiger partial charge in [-0.15, -0.1) is 0 Å². The van der Waals surface area contributed by atoms with Crippen LogP contribution < -0.4 is 10.1 Å². The highest BCUT2D eigenvalue weighted by molar-refractivity contribution is 6.35. The zero-order valence-electron chi connectivity index (χ0n) is 11.7. The maximum absolute atomic E-state index is 6.20. The SMILES string of the molecule is CCC(C)C(C)NC1CCOc2c(Cl)cc(Cl)cc21. The first-order valence-electron chi connectivity index (χ1n) is 6.90. The molecule has 0 aliphatic carbocycles. The summed E-state index contributed by atoms with van der Waals surface area (Å²) >= 11 is 12.3. The molecule has 0 aromatic heterocycles. The number of hydrogen-bond donors (Lipinski definition) is 1. The second kappa shape index (κ2) is 6.34. The van der Waals surface area contributed by atoms with E-state index in [0.29, 0.717) is 28.6 Å². The quantitative estimate of drug-likeness (QED) is 0.859. The fraction of sp³-hybridized carbons (Fsp3) is 0.600. The third-order valence-electron chi connectivity index (χ3n) is 4.03. The highest BCUT2D eigenvalue weighted by atomic mass is 35.5. The van der Waals surface area contributed by atoms with Gasteiger partial charge in [0.1, 0.15) is 5.75 Å². The summed E-state index contributed by atoms with van der Waals surface area (Å²) in [6.07, 6.45) is 2.12. The number of rotatable bonds is 4. The molecule has 0 spiro atoms. The van der Waals surface area contributed by atoms with Gasteiger partial charge in [-0.1, -0.05) is 43.5 Å². The molecule has 3 unspecified atom stereocenters. The molecule has 19 heavy (non-hydrogen) atoms. The molecule has 106 valence electrons. The lowest BCUT2D eigenvalue weighted by atomic mass is 9.95. The lowest BCUT2D eigenvalue weighted by Crippen LogP contribution is -2.37. The first kappa shape index (κ1) is 15.0. The summed E-state index contributed by atoms with van der Waals surface area (Å²) in [5.41, 5.74) is 1.08. The van der Waals surface area contributed by atoms with Crippen molar-refractivity contribution in [3.8, 4) is 5.75 Å². The van der Waals surface area contributed by atoms with Gasteiger partial charge in [-0.3, -0.25) is 0 Å². The van der Waals surface area contributed by atoms with Crippen LogP contribution in [-0.2, 0) is 0 Å². The van der Waals surface area contributed by atoms with E-state index in [1.807, 2.05) is 6.07 Å². The Hall–Kier alpha value is -0.440. The van der Waals surface area contributed by atoms with Crippen molar-refractivity contribution in [1.29, 1.82) is 0 Å². The normalized spacial score (nSPS) is 21.4. The molecule has 2 rings (SSSR count). The van der Waals surface area contributed by atoms with Gasteiger partial charge in [0.15, 0.2) is 0 Å². The molecule has 1 heterocycles. The van der Waals surface area contributed by atoms with E-state index in [2.05, 4.69) is 26.1 Å². The minimum absolute atomic E-state index is 0.268. The first-order valence-corrected chi connectivity index (χ1v) is 7.66. The highest BCUT2D eigenvalue weighted by Gasteiger charge is 2.26. The molecule has 4 heteroatoms. The molecule has 0 amide bonds. The standard InChI is InChI=1S/C15H21Cl2NO/c1-4-9(2)10(3)18-14-5-6-19-15-12(14)7-11(16)8-13(15)17/h7-10,14,18H,4-6H2,1-3H3. The summed E-state index contributed by atoms with van der Waals surface area (Å²) in [5, 5.41) is 4.95. The van der Waals surface area contributed by atoms with Gasteiger partial charge in [-0.2, -0.15) is 0 Å². The van der Waals surface area contributed by atoms with Crippen molar-refractivity contribution in [2.24, 2.45) is 5.92 Å². The average Bonchev–Trinajstić information content (AvgIpc) is 2.38. The highest BCUT2D eigenvalue weighted by Crippen LogP contribution is 2.40. The van der Waals surface area contributed by atoms with Crippen LogP contribution in [0.1, 0.15) is 45.2 Å². The molecule has 1 aromatic carbocycles. The summed E-state index contributed by atoms with van der Waals surface area (Å²) in [6, 6.07) is 4.42. The molecule has 1 aromatic rings. The molecular formula is C15H21Cl2NO. The maximum Gasteiger partial charge on any atom is 0.142 e. The van der Waals surface area contributed by atoms with Crippen molar-refractivity contribution in [3.63, 3.8) is 0 Å². The van der Waals surface area contributed by atoms with E-state index in [9.17, 15) is 0 Å². The Kier molecular flexibility index (Phi) is 4.99. The number of ether oxygens (including phenoxy) is 1. The fourth-order valence-electron chi connectivity index (χ4n) is 2.43. The Morgan fingerprint density at radius 1 is 1.37 bits per heavy atom. The monoisotopic (exact) mass is 301 g/mol. The molecule has 1 aliphatic heterocycles.